The summed E-state index contributed by atoms with van der Waals surface area (Å²) in [4.78, 5) is 16.3. The van der Waals surface area contributed by atoms with Crippen molar-refractivity contribution in [1.29, 1.82) is 0 Å². The van der Waals surface area contributed by atoms with Crippen LogP contribution in [-0.4, -0.2) is 19.9 Å². The predicted molar refractivity (Wildman–Crippen MR) is 65.0 cm³/mol. The van der Waals surface area contributed by atoms with Gasteiger partial charge in [-0.15, -0.1) is 0 Å². The topological polar surface area (TPSA) is 77.6 Å². The van der Waals surface area contributed by atoms with Crippen molar-refractivity contribution in [1.82, 2.24) is 19.9 Å². The number of pyridine rings is 1. The maximum atomic E-state index is 5.55. The van der Waals surface area contributed by atoms with Gasteiger partial charge in [-0.25, -0.2) is 9.97 Å². The minimum absolute atomic E-state index is 0.199. The standard InChI is InChI=1S/C12H9N5/c13-12-16-7-15-11(17-12)10-9-4-2-1-3-8(9)5-6-14-10/h1-7H,(H2,13,15,16,17). The maximum absolute atomic E-state index is 5.55. The molecule has 0 bridgehead atoms. The van der Waals surface area contributed by atoms with Gasteiger partial charge in [-0.3, -0.25) is 4.98 Å². The van der Waals surface area contributed by atoms with Crippen molar-refractivity contribution in [3.63, 3.8) is 0 Å². The summed E-state index contributed by atoms with van der Waals surface area (Å²) in [7, 11) is 0. The summed E-state index contributed by atoms with van der Waals surface area (Å²) < 4.78 is 0. The van der Waals surface area contributed by atoms with Gasteiger partial charge in [-0.1, -0.05) is 24.3 Å². The summed E-state index contributed by atoms with van der Waals surface area (Å²) in [6, 6.07) is 9.89. The van der Waals surface area contributed by atoms with Gasteiger partial charge in [-0.2, -0.15) is 4.98 Å². The fraction of sp³-hybridized carbons (Fsp3) is 0. The molecule has 0 spiro atoms. The Labute approximate surface area is 97.4 Å². The van der Waals surface area contributed by atoms with Crippen LogP contribution in [0.25, 0.3) is 22.3 Å². The third-order valence-electron chi connectivity index (χ3n) is 2.48. The van der Waals surface area contributed by atoms with Crippen molar-refractivity contribution in [3.8, 4) is 11.5 Å². The third-order valence-corrected chi connectivity index (χ3v) is 2.48. The summed E-state index contributed by atoms with van der Waals surface area (Å²) in [5.41, 5.74) is 6.27. The van der Waals surface area contributed by atoms with E-state index >= 15 is 0 Å². The van der Waals surface area contributed by atoms with Crippen molar-refractivity contribution in [2.24, 2.45) is 0 Å². The Morgan fingerprint density at radius 2 is 1.82 bits per heavy atom. The molecule has 0 radical (unpaired) electrons. The van der Waals surface area contributed by atoms with Gasteiger partial charge < -0.3 is 5.73 Å². The van der Waals surface area contributed by atoms with E-state index in [1.54, 1.807) is 6.20 Å². The average molecular weight is 223 g/mol. The lowest BCUT2D eigenvalue weighted by atomic mass is 10.1. The van der Waals surface area contributed by atoms with Crippen LogP contribution >= 0.6 is 0 Å². The fourth-order valence-electron chi connectivity index (χ4n) is 1.72. The van der Waals surface area contributed by atoms with Crippen molar-refractivity contribution in [2.75, 3.05) is 5.73 Å². The highest BCUT2D eigenvalue weighted by Crippen LogP contribution is 2.23. The van der Waals surface area contributed by atoms with Crippen LogP contribution in [0.2, 0.25) is 0 Å². The summed E-state index contributed by atoms with van der Waals surface area (Å²) in [5.74, 6) is 0.694. The first-order chi connectivity index (χ1) is 8.34. The van der Waals surface area contributed by atoms with Gasteiger partial charge >= 0.3 is 0 Å². The lowest BCUT2D eigenvalue weighted by molar-refractivity contribution is 1.06. The molecule has 17 heavy (non-hydrogen) atoms. The molecule has 2 aromatic heterocycles. The monoisotopic (exact) mass is 223 g/mol. The lowest BCUT2D eigenvalue weighted by Crippen LogP contribution is -1.99. The van der Waals surface area contributed by atoms with Gasteiger partial charge in [-0.05, 0) is 11.5 Å². The molecule has 3 rings (SSSR count). The zero-order valence-electron chi connectivity index (χ0n) is 8.91. The summed E-state index contributed by atoms with van der Waals surface area (Å²) >= 11 is 0. The number of anilines is 1. The molecule has 2 N–H and O–H groups in total. The minimum atomic E-state index is 0.199. The molecule has 3 aromatic rings. The van der Waals surface area contributed by atoms with Crippen LogP contribution in [0.15, 0.2) is 42.9 Å². The molecule has 0 saturated heterocycles. The number of hydrogen-bond acceptors (Lipinski definition) is 5. The Morgan fingerprint density at radius 1 is 0.941 bits per heavy atom. The first-order valence-corrected chi connectivity index (χ1v) is 5.13. The first-order valence-electron chi connectivity index (χ1n) is 5.13. The average Bonchev–Trinajstić information content (AvgIpc) is 2.38. The Kier molecular flexibility index (Phi) is 2.15. The van der Waals surface area contributed by atoms with Gasteiger partial charge in [0, 0.05) is 11.6 Å². The summed E-state index contributed by atoms with van der Waals surface area (Å²) in [6.45, 7) is 0. The van der Waals surface area contributed by atoms with E-state index in [9.17, 15) is 0 Å². The van der Waals surface area contributed by atoms with Crippen LogP contribution in [0.4, 0.5) is 5.95 Å². The second-order valence-corrected chi connectivity index (χ2v) is 3.55. The van der Waals surface area contributed by atoms with E-state index in [2.05, 4.69) is 19.9 Å². The highest BCUT2D eigenvalue weighted by molar-refractivity contribution is 5.92. The molecular formula is C12H9N5. The number of hydrogen-bond donors (Lipinski definition) is 1. The van der Waals surface area contributed by atoms with Crippen LogP contribution in [-0.2, 0) is 0 Å². The quantitative estimate of drug-likeness (QED) is 0.679. The molecule has 0 saturated carbocycles. The minimum Gasteiger partial charge on any atom is -0.368 e. The zero-order chi connectivity index (χ0) is 11.7. The number of nitrogen functional groups attached to an aromatic ring is 1. The number of nitrogens with zero attached hydrogens (tertiary/aromatic N) is 4. The van der Waals surface area contributed by atoms with E-state index in [0.717, 1.165) is 16.5 Å². The molecule has 0 atom stereocenters. The van der Waals surface area contributed by atoms with E-state index in [0.29, 0.717) is 5.82 Å². The van der Waals surface area contributed by atoms with Gasteiger partial charge in [0.25, 0.3) is 0 Å². The molecule has 1 aromatic carbocycles. The highest BCUT2D eigenvalue weighted by Gasteiger charge is 2.07. The van der Waals surface area contributed by atoms with E-state index in [1.165, 1.54) is 6.33 Å². The molecule has 0 unspecified atom stereocenters. The van der Waals surface area contributed by atoms with E-state index < -0.39 is 0 Å². The van der Waals surface area contributed by atoms with E-state index in [4.69, 9.17) is 5.73 Å². The zero-order valence-corrected chi connectivity index (χ0v) is 8.91. The molecule has 0 fully saturated rings. The van der Waals surface area contributed by atoms with Crippen LogP contribution < -0.4 is 5.73 Å². The number of nitrogens with two attached hydrogens (primary N) is 1. The molecule has 5 nitrogen and oxygen atoms in total. The van der Waals surface area contributed by atoms with Gasteiger partial charge in [0.05, 0.1) is 0 Å². The van der Waals surface area contributed by atoms with E-state index in [-0.39, 0.29) is 5.95 Å². The molecule has 0 aliphatic heterocycles. The van der Waals surface area contributed by atoms with E-state index in [1.807, 2.05) is 30.3 Å². The van der Waals surface area contributed by atoms with Crippen LogP contribution in [0.1, 0.15) is 0 Å². The molecule has 0 aliphatic rings. The molecule has 5 heteroatoms. The van der Waals surface area contributed by atoms with Gasteiger partial charge in [0.1, 0.15) is 12.0 Å². The number of fused-ring (bicyclic) bond motifs is 1. The van der Waals surface area contributed by atoms with Crippen molar-refractivity contribution in [3.05, 3.63) is 42.9 Å². The number of aromatic nitrogens is 4. The Hall–Kier alpha value is -2.56. The number of rotatable bonds is 1. The lowest BCUT2D eigenvalue weighted by Gasteiger charge is -2.03. The molecule has 0 amide bonds. The normalized spacial score (nSPS) is 10.6. The maximum Gasteiger partial charge on any atom is 0.223 e. The Morgan fingerprint density at radius 3 is 2.71 bits per heavy atom. The van der Waals surface area contributed by atoms with Gasteiger partial charge in [0.15, 0.2) is 5.82 Å². The van der Waals surface area contributed by atoms with Gasteiger partial charge in [0.2, 0.25) is 5.95 Å². The fourth-order valence-corrected chi connectivity index (χ4v) is 1.72. The molecule has 82 valence electrons. The first kappa shape index (κ1) is 9.65. The molecule has 0 aliphatic carbocycles. The number of benzene rings is 1. The van der Waals surface area contributed by atoms with Crippen molar-refractivity contribution in [2.45, 2.75) is 0 Å². The van der Waals surface area contributed by atoms with Crippen LogP contribution in [0.5, 0.6) is 0 Å². The Balaban J connectivity index is 2.30. The van der Waals surface area contributed by atoms with Crippen molar-refractivity contribution < 1.29 is 0 Å². The highest BCUT2D eigenvalue weighted by atomic mass is 15.1. The van der Waals surface area contributed by atoms with Crippen molar-refractivity contribution >= 4 is 16.7 Å². The summed E-state index contributed by atoms with van der Waals surface area (Å²) in [6.07, 6.45) is 3.12. The second-order valence-electron chi connectivity index (χ2n) is 3.55. The largest absolute Gasteiger partial charge is 0.368 e. The molecule has 2 heterocycles. The SMILES string of the molecule is Nc1ncnc(-c2nccc3ccccc23)n1. The second kappa shape index (κ2) is 3.79. The molecular weight excluding hydrogens is 214 g/mol. The third kappa shape index (κ3) is 1.67. The van der Waals surface area contributed by atoms with Crippen LogP contribution in [0.3, 0.4) is 0 Å². The summed E-state index contributed by atoms with van der Waals surface area (Å²) in [5, 5.41) is 2.09. The van der Waals surface area contributed by atoms with Crippen LogP contribution in [0, 0.1) is 0 Å². The smallest absolute Gasteiger partial charge is 0.223 e. The predicted octanol–water partition coefficient (Wildman–Crippen LogP) is 1.67. The Bertz CT molecular complexity index is 675.